The number of aromatic nitrogens is 1. The summed E-state index contributed by atoms with van der Waals surface area (Å²) < 4.78 is 8.51. The molecule has 3 aromatic rings. The zero-order valence-electron chi connectivity index (χ0n) is 20.0. The summed E-state index contributed by atoms with van der Waals surface area (Å²) in [5.41, 5.74) is 5.60. The molecule has 6 nitrogen and oxygen atoms in total. The van der Waals surface area contributed by atoms with Crippen molar-refractivity contribution in [1.29, 1.82) is 0 Å². The first-order valence-corrected chi connectivity index (χ1v) is 13.0. The van der Waals surface area contributed by atoms with Gasteiger partial charge in [-0.25, -0.2) is 0 Å². The van der Waals surface area contributed by atoms with Gasteiger partial charge in [-0.15, -0.1) is 0 Å². The Hall–Kier alpha value is -3.28. The summed E-state index contributed by atoms with van der Waals surface area (Å²) >= 11 is 0. The molecule has 1 aliphatic carbocycles. The first-order valence-electron chi connectivity index (χ1n) is 13.0. The van der Waals surface area contributed by atoms with Gasteiger partial charge in [-0.05, 0) is 61.4 Å². The Morgan fingerprint density at radius 1 is 0.914 bits per heavy atom. The molecule has 2 fully saturated rings. The third kappa shape index (κ3) is 3.89. The van der Waals surface area contributed by atoms with Gasteiger partial charge in [0, 0.05) is 35.1 Å². The molecule has 35 heavy (non-hydrogen) atoms. The minimum Gasteiger partial charge on any atom is -0.491 e. The normalized spacial score (nSPS) is 19.0. The van der Waals surface area contributed by atoms with Crippen LogP contribution in [0.25, 0.3) is 22.2 Å². The highest BCUT2D eigenvalue weighted by molar-refractivity contribution is 6.01. The van der Waals surface area contributed by atoms with Crippen LogP contribution in [0.15, 0.2) is 42.5 Å². The summed E-state index contributed by atoms with van der Waals surface area (Å²) in [6, 6.07) is 14.5. The van der Waals surface area contributed by atoms with Crippen LogP contribution >= 0.6 is 0 Å². The van der Waals surface area contributed by atoms with E-state index in [2.05, 4.69) is 34.9 Å². The summed E-state index contributed by atoms with van der Waals surface area (Å²) in [4.78, 5) is 26.5. The number of para-hydroxylation sites is 1. The number of benzene rings is 2. The zero-order valence-corrected chi connectivity index (χ0v) is 20.0. The van der Waals surface area contributed by atoms with Gasteiger partial charge in [0.25, 0.3) is 5.91 Å². The van der Waals surface area contributed by atoms with E-state index in [-0.39, 0.29) is 11.8 Å². The lowest BCUT2D eigenvalue weighted by atomic mass is 9.81. The van der Waals surface area contributed by atoms with E-state index < -0.39 is 5.97 Å². The number of ether oxygens (including phenoxy) is 1. The Morgan fingerprint density at radius 2 is 1.69 bits per heavy atom. The van der Waals surface area contributed by atoms with Crippen LogP contribution in [0.2, 0.25) is 0 Å². The quantitative estimate of drug-likeness (QED) is 0.532. The molecule has 1 amide bonds. The highest BCUT2D eigenvalue weighted by Gasteiger charge is 2.31. The lowest BCUT2D eigenvalue weighted by Gasteiger charge is -2.30. The highest BCUT2D eigenvalue weighted by atomic mass is 16.5. The fraction of sp³-hybridized carbons (Fsp3) is 0.448. The van der Waals surface area contributed by atoms with E-state index in [9.17, 15) is 14.7 Å². The number of carboxylic acids is 1. The van der Waals surface area contributed by atoms with Crippen LogP contribution in [0, 0.1) is 5.92 Å². The van der Waals surface area contributed by atoms with Crippen molar-refractivity contribution in [3.05, 3.63) is 53.6 Å². The van der Waals surface area contributed by atoms with Gasteiger partial charge in [0.05, 0.1) is 18.2 Å². The van der Waals surface area contributed by atoms with E-state index in [1.54, 1.807) is 0 Å². The van der Waals surface area contributed by atoms with Crippen LogP contribution in [0.1, 0.15) is 66.8 Å². The summed E-state index contributed by atoms with van der Waals surface area (Å²) in [5.74, 6) is 0.345. The number of hydrogen-bond donors (Lipinski definition) is 1. The Balaban J connectivity index is 1.44. The lowest BCUT2D eigenvalue weighted by Crippen LogP contribution is -2.40. The number of carboxylic acid groups (broad SMARTS) is 1. The predicted octanol–water partition coefficient (Wildman–Crippen LogP) is 5.69. The van der Waals surface area contributed by atoms with Gasteiger partial charge < -0.3 is 19.3 Å². The average Bonchev–Trinajstić information content (AvgIpc) is 3.09. The van der Waals surface area contributed by atoms with Gasteiger partial charge in [-0.2, -0.15) is 0 Å². The molecule has 1 N–H and O–H groups in total. The molecule has 0 radical (unpaired) electrons. The van der Waals surface area contributed by atoms with Crippen LogP contribution in [0.5, 0.6) is 5.75 Å². The van der Waals surface area contributed by atoms with E-state index >= 15 is 0 Å². The van der Waals surface area contributed by atoms with Crippen molar-refractivity contribution in [1.82, 2.24) is 9.47 Å². The van der Waals surface area contributed by atoms with E-state index in [1.807, 2.05) is 17.0 Å². The molecule has 1 aromatic heterocycles. The maximum atomic E-state index is 13.4. The second kappa shape index (κ2) is 9.06. The zero-order chi connectivity index (χ0) is 23.9. The van der Waals surface area contributed by atoms with E-state index in [0.717, 1.165) is 23.4 Å². The van der Waals surface area contributed by atoms with Crippen molar-refractivity contribution in [2.75, 3.05) is 19.7 Å². The average molecular weight is 473 g/mol. The van der Waals surface area contributed by atoms with Gasteiger partial charge in [0.2, 0.25) is 0 Å². The molecule has 1 saturated heterocycles. The lowest BCUT2D eigenvalue weighted by molar-refractivity contribution is -0.143. The number of rotatable bonds is 3. The number of piperidine rings is 1. The number of likely N-dealkylation sites (tertiary alicyclic amines) is 1. The molecule has 0 unspecified atom stereocenters. The topological polar surface area (TPSA) is 71.8 Å². The standard InChI is InChI=1S/C29H32N2O4/c32-28(30-14-12-20(13-15-30)29(33)34)21-10-11-22-24(18-21)31-16-17-35-25-9-5-4-8-23(25)27(31)26(22)19-6-2-1-3-7-19/h4-5,8-11,18-20H,1-3,6-7,12-17H2,(H,33,34). The maximum absolute atomic E-state index is 13.4. The van der Waals surface area contributed by atoms with Gasteiger partial charge in [-0.3, -0.25) is 9.59 Å². The molecule has 2 aromatic carbocycles. The van der Waals surface area contributed by atoms with Crippen molar-refractivity contribution in [3.63, 3.8) is 0 Å². The maximum Gasteiger partial charge on any atom is 0.306 e. The number of aliphatic carboxylic acids is 1. The second-order valence-corrected chi connectivity index (χ2v) is 10.2. The molecule has 3 heterocycles. The first-order chi connectivity index (χ1) is 17.1. The number of carbonyl (C=O) groups is 2. The number of fused-ring (bicyclic) bond motifs is 5. The minimum absolute atomic E-state index is 0.00391. The van der Waals surface area contributed by atoms with Crippen LogP contribution in [0.4, 0.5) is 0 Å². The van der Waals surface area contributed by atoms with Crippen LogP contribution in [-0.4, -0.2) is 46.1 Å². The van der Waals surface area contributed by atoms with Crippen molar-refractivity contribution < 1.29 is 19.4 Å². The smallest absolute Gasteiger partial charge is 0.306 e. The van der Waals surface area contributed by atoms with Crippen LogP contribution in [-0.2, 0) is 11.3 Å². The van der Waals surface area contributed by atoms with Gasteiger partial charge >= 0.3 is 5.97 Å². The molecule has 0 spiro atoms. The third-order valence-electron chi connectivity index (χ3n) is 8.21. The number of carbonyl (C=O) groups excluding carboxylic acids is 1. The summed E-state index contributed by atoms with van der Waals surface area (Å²) in [7, 11) is 0. The number of nitrogens with zero attached hydrogens (tertiary/aromatic N) is 2. The van der Waals surface area contributed by atoms with Crippen molar-refractivity contribution in [2.24, 2.45) is 5.92 Å². The highest BCUT2D eigenvalue weighted by Crippen LogP contribution is 2.47. The Morgan fingerprint density at radius 3 is 2.46 bits per heavy atom. The minimum atomic E-state index is -0.757. The van der Waals surface area contributed by atoms with Gasteiger partial charge in [0.1, 0.15) is 12.4 Å². The van der Waals surface area contributed by atoms with Gasteiger partial charge in [0.15, 0.2) is 0 Å². The monoisotopic (exact) mass is 472 g/mol. The molecule has 2 aliphatic heterocycles. The predicted molar refractivity (Wildman–Crippen MR) is 135 cm³/mol. The summed E-state index contributed by atoms with van der Waals surface area (Å²) in [6.07, 6.45) is 7.27. The fourth-order valence-corrected chi connectivity index (χ4v) is 6.38. The first kappa shape index (κ1) is 22.2. The Labute approximate surface area is 205 Å². The SMILES string of the molecule is O=C(O)C1CCN(C(=O)c2ccc3c(C4CCCCC4)c4n(c3c2)CCOc2ccccc2-4)CC1. The molecule has 182 valence electrons. The molecule has 6 rings (SSSR count). The Kier molecular flexibility index (Phi) is 5.75. The summed E-state index contributed by atoms with van der Waals surface area (Å²) in [5, 5.41) is 10.6. The largest absolute Gasteiger partial charge is 0.491 e. The molecular weight excluding hydrogens is 440 g/mol. The van der Waals surface area contributed by atoms with E-state index in [4.69, 9.17) is 4.74 Å². The number of hydrogen-bond acceptors (Lipinski definition) is 3. The molecule has 0 atom stereocenters. The van der Waals surface area contributed by atoms with Crippen LogP contribution < -0.4 is 4.74 Å². The molecule has 0 bridgehead atoms. The molecular formula is C29H32N2O4. The number of amides is 1. The second-order valence-electron chi connectivity index (χ2n) is 10.2. The molecule has 6 heteroatoms. The summed E-state index contributed by atoms with van der Waals surface area (Å²) in [6.45, 7) is 2.33. The van der Waals surface area contributed by atoms with Crippen LogP contribution in [0.3, 0.4) is 0 Å². The van der Waals surface area contributed by atoms with Gasteiger partial charge in [-0.1, -0.05) is 37.5 Å². The Bertz CT molecular complexity index is 1280. The molecule has 3 aliphatic rings. The van der Waals surface area contributed by atoms with E-state index in [1.165, 1.54) is 48.7 Å². The fourth-order valence-electron chi connectivity index (χ4n) is 6.38. The van der Waals surface area contributed by atoms with Crippen molar-refractivity contribution >= 4 is 22.8 Å². The van der Waals surface area contributed by atoms with Crippen molar-refractivity contribution in [3.8, 4) is 17.0 Å². The van der Waals surface area contributed by atoms with Crippen molar-refractivity contribution in [2.45, 2.75) is 57.4 Å². The van der Waals surface area contributed by atoms with E-state index in [0.29, 0.717) is 44.0 Å². The molecule has 1 saturated carbocycles. The third-order valence-corrected chi connectivity index (χ3v) is 8.21.